The van der Waals surface area contributed by atoms with E-state index in [0.29, 0.717) is 0 Å². The molecule has 0 saturated heterocycles. The van der Waals surface area contributed by atoms with Crippen LogP contribution in [0.4, 0.5) is 0 Å². The molecule has 0 bridgehead atoms. The van der Waals surface area contributed by atoms with Crippen molar-refractivity contribution in [1.82, 2.24) is 4.98 Å². The van der Waals surface area contributed by atoms with E-state index in [1.807, 2.05) is 12.4 Å². The second-order valence-electron chi connectivity index (χ2n) is 3.69. The Bertz CT molecular complexity index is 429. The number of fused-ring (bicyclic) bond motifs is 3. The van der Waals surface area contributed by atoms with Crippen molar-refractivity contribution in [3.8, 4) is 11.1 Å². The molecule has 1 aromatic heterocycles. The molecule has 1 aromatic carbocycles. The van der Waals surface area contributed by atoms with Crippen LogP contribution in [0.2, 0.25) is 0 Å². The summed E-state index contributed by atoms with van der Waals surface area (Å²) < 4.78 is 0. The van der Waals surface area contributed by atoms with Gasteiger partial charge in [0.2, 0.25) is 0 Å². The van der Waals surface area contributed by atoms with Crippen molar-refractivity contribution in [2.24, 2.45) is 0 Å². The molecule has 0 fully saturated rings. The molecule has 0 amide bonds. The van der Waals surface area contributed by atoms with Gasteiger partial charge in [-0.05, 0) is 35.6 Å². The number of hydrogen-bond acceptors (Lipinski definition) is 1. The molecule has 0 radical (unpaired) electrons. The minimum Gasteiger partial charge on any atom is -0.264 e. The Morgan fingerprint density at radius 3 is 2.57 bits per heavy atom. The van der Waals surface area contributed by atoms with Crippen molar-refractivity contribution in [3.05, 3.63) is 53.9 Å². The van der Waals surface area contributed by atoms with Gasteiger partial charge in [0.15, 0.2) is 0 Å². The molecular weight excluding hydrogens is 170 g/mol. The number of pyridine rings is 1. The highest BCUT2D eigenvalue weighted by atomic mass is 14.6. The van der Waals surface area contributed by atoms with Crippen molar-refractivity contribution in [2.45, 2.75) is 12.8 Å². The highest BCUT2D eigenvalue weighted by Gasteiger charge is 2.14. The fraction of sp³-hybridized carbons (Fsp3) is 0.154. The third-order valence-electron chi connectivity index (χ3n) is 2.88. The Kier molecular flexibility index (Phi) is 1.63. The second-order valence-corrected chi connectivity index (χ2v) is 3.69. The predicted molar refractivity (Wildman–Crippen MR) is 57.1 cm³/mol. The van der Waals surface area contributed by atoms with Gasteiger partial charge < -0.3 is 0 Å². The molecule has 1 heterocycles. The molecule has 0 spiro atoms. The summed E-state index contributed by atoms with van der Waals surface area (Å²) in [5.41, 5.74) is 5.56. The number of aryl methyl sites for hydroxylation is 2. The molecule has 1 aliphatic carbocycles. The Morgan fingerprint density at radius 1 is 0.857 bits per heavy atom. The summed E-state index contributed by atoms with van der Waals surface area (Å²) in [7, 11) is 0. The van der Waals surface area contributed by atoms with E-state index in [2.05, 4.69) is 35.3 Å². The highest BCUT2D eigenvalue weighted by molar-refractivity contribution is 5.71. The lowest BCUT2D eigenvalue weighted by atomic mass is 9.87. The van der Waals surface area contributed by atoms with Crippen LogP contribution in [-0.2, 0) is 12.8 Å². The Morgan fingerprint density at radius 2 is 1.64 bits per heavy atom. The van der Waals surface area contributed by atoms with Crippen molar-refractivity contribution in [1.29, 1.82) is 0 Å². The van der Waals surface area contributed by atoms with Crippen LogP contribution in [0.1, 0.15) is 11.1 Å². The van der Waals surface area contributed by atoms with Crippen LogP contribution in [0, 0.1) is 0 Å². The monoisotopic (exact) mass is 181 g/mol. The fourth-order valence-corrected chi connectivity index (χ4v) is 2.15. The van der Waals surface area contributed by atoms with Gasteiger partial charge in [0.25, 0.3) is 0 Å². The first-order valence-electron chi connectivity index (χ1n) is 4.96. The van der Waals surface area contributed by atoms with Crippen LogP contribution < -0.4 is 0 Å². The summed E-state index contributed by atoms with van der Waals surface area (Å²) in [5.74, 6) is 0. The average molecular weight is 181 g/mol. The van der Waals surface area contributed by atoms with Gasteiger partial charge >= 0.3 is 0 Å². The first-order chi connectivity index (χ1) is 6.95. The maximum atomic E-state index is 4.20. The maximum absolute atomic E-state index is 4.20. The molecule has 0 unspecified atom stereocenters. The van der Waals surface area contributed by atoms with Crippen LogP contribution in [0.3, 0.4) is 0 Å². The lowest BCUT2D eigenvalue weighted by Gasteiger charge is -2.18. The average Bonchev–Trinajstić information content (AvgIpc) is 2.29. The predicted octanol–water partition coefficient (Wildman–Crippen LogP) is 2.85. The number of hydrogen-bond donors (Lipinski definition) is 0. The zero-order valence-electron chi connectivity index (χ0n) is 7.90. The zero-order chi connectivity index (χ0) is 9.38. The molecule has 1 nitrogen and oxygen atoms in total. The van der Waals surface area contributed by atoms with Gasteiger partial charge in [0.05, 0.1) is 0 Å². The lowest BCUT2D eigenvalue weighted by molar-refractivity contribution is 0.936. The molecule has 0 aliphatic heterocycles. The largest absolute Gasteiger partial charge is 0.264 e. The Hall–Kier alpha value is -1.63. The van der Waals surface area contributed by atoms with E-state index in [4.69, 9.17) is 0 Å². The molecule has 1 heteroatoms. The van der Waals surface area contributed by atoms with Crippen LogP contribution in [0.25, 0.3) is 11.1 Å². The number of benzene rings is 1. The fourth-order valence-electron chi connectivity index (χ4n) is 2.15. The summed E-state index contributed by atoms with van der Waals surface area (Å²) in [6.45, 7) is 0. The quantitative estimate of drug-likeness (QED) is 0.609. The zero-order valence-corrected chi connectivity index (χ0v) is 7.90. The van der Waals surface area contributed by atoms with Gasteiger partial charge in [-0.15, -0.1) is 0 Å². The van der Waals surface area contributed by atoms with Crippen LogP contribution in [0.5, 0.6) is 0 Å². The smallest absolute Gasteiger partial charge is 0.0349 e. The van der Waals surface area contributed by atoms with Gasteiger partial charge in [-0.2, -0.15) is 0 Å². The number of rotatable bonds is 0. The number of aromatic nitrogens is 1. The van der Waals surface area contributed by atoms with Gasteiger partial charge in [0, 0.05) is 18.0 Å². The minimum atomic E-state index is 1.15. The summed E-state index contributed by atoms with van der Waals surface area (Å²) >= 11 is 0. The first kappa shape index (κ1) is 7.74. The molecule has 2 aromatic rings. The summed E-state index contributed by atoms with van der Waals surface area (Å²) in [6, 6.07) is 10.7. The van der Waals surface area contributed by atoms with E-state index < -0.39 is 0 Å². The van der Waals surface area contributed by atoms with Crippen LogP contribution in [0.15, 0.2) is 42.7 Å². The molecule has 14 heavy (non-hydrogen) atoms. The molecule has 68 valence electrons. The van der Waals surface area contributed by atoms with Crippen molar-refractivity contribution < 1.29 is 0 Å². The number of nitrogens with zero attached hydrogens (tertiary/aromatic N) is 1. The molecule has 1 aliphatic rings. The molecular formula is C13H11N. The standard InChI is InChI=1S/C13H11N/c1-2-4-12-10(3-1)5-6-11-7-8-14-9-13(11)12/h1-4,7-9H,5-6H2. The van der Waals surface area contributed by atoms with E-state index in [-0.39, 0.29) is 0 Å². The first-order valence-corrected chi connectivity index (χ1v) is 4.96. The van der Waals surface area contributed by atoms with Crippen molar-refractivity contribution in [2.75, 3.05) is 0 Å². The van der Waals surface area contributed by atoms with Gasteiger partial charge in [-0.25, -0.2) is 0 Å². The van der Waals surface area contributed by atoms with Gasteiger partial charge in [-0.3, -0.25) is 4.98 Å². The van der Waals surface area contributed by atoms with E-state index in [1.165, 1.54) is 22.3 Å². The Balaban J connectivity index is 2.29. The lowest BCUT2D eigenvalue weighted by Crippen LogP contribution is -2.03. The second kappa shape index (κ2) is 2.95. The van der Waals surface area contributed by atoms with Gasteiger partial charge in [-0.1, -0.05) is 24.3 Å². The minimum absolute atomic E-state index is 1.15. The summed E-state index contributed by atoms with van der Waals surface area (Å²) in [5, 5.41) is 0. The third kappa shape index (κ3) is 1.06. The van der Waals surface area contributed by atoms with Crippen molar-refractivity contribution in [3.63, 3.8) is 0 Å². The molecule has 0 N–H and O–H groups in total. The summed E-state index contributed by atoms with van der Waals surface area (Å²) in [6.07, 6.45) is 6.17. The SMILES string of the molecule is c1ccc2c(c1)CCc1ccncc1-2. The maximum Gasteiger partial charge on any atom is 0.0349 e. The molecule has 3 rings (SSSR count). The molecule has 0 atom stereocenters. The molecule has 0 saturated carbocycles. The Labute approximate surface area is 83.4 Å². The van der Waals surface area contributed by atoms with E-state index in [0.717, 1.165) is 12.8 Å². The topological polar surface area (TPSA) is 12.9 Å². The highest BCUT2D eigenvalue weighted by Crippen LogP contribution is 2.31. The third-order valence-corrected chi connectivity index (χ3v) is 2.88. The normalized spacial score (nSPS) is 13.1. The van der Waals surface area contributed by atoms with E-state index in [9.17, 15) is 0 Å². The van der Waals surface area contributed by atoms with Gasteiger partial charge in [0.1, 0.15) is 0 Å². The van der Waals surface area contributed by atoms with Crippen LogP contribution in [-0.4, -0.2) is 4.98 Å². The van der Waals surface area contributed by atoms with E-state index in [1.54, 1.807) is 0 Å². The van der Waals surface area contributed by atoms with E-state index >= 15 is 0 Å². The summed E-state index contributed by atoms with van der Waals surface area (Å²) in [4.78, 5) is 4.20. The van der Waals surface area contributed by atoms with Crippen LogP contribution >= 0.6 is 0 Å². The van der Waals surface area contributed by atoms with Crippen molar-refractivity contribution >= 4 is 0 Å².